The SMILES string of the molecule is CCn1c(C(C)(C)Oc2ccc(Cl)c(F)c2)nc2cc([N+](=O)[O-])ccc21. The molecular weight excluding hydrogens is 361 g/mol. The Morgan fingerprint density at radius 3 is 2.65 bits per heavy atom. The Morgan fingerprint density at radius 1 is 1.31 bits per heavy atom. The molecule has 0 aliphatic heterocycles. The molecule has 2 aromatic carbocycles. The monoisotopic (exact) mass is 377 g/mol. The van der Waals surface area contributed by atoms with Gasteiger partial charge in [0, 0.05) is 24.7 Å². The van der Waals surface area contributed by atoms with Crippen LogP contribution in [0, 0.1) is 15.9 Å². The van der Waals surface area contributed by atoms with E-state index in [4.69, 9.17) is 16.3 Å². The quantitative estimate of drug-likeness (QED) is 0.459. The van der Waals surface area contributed by atoms with Crippen molar-refractivity contribution in [1.29, 1.82) is 0 Å². The Labute approximate surface area is 154 Å². The number of benzene rings is 2. The van der Waals surface area contributed by atoms with Gasteiger partial charge in [0.15, 0.2) is 11.4 Å². The van der Waals surface area contributed by atoms with E-state index < -0.39 is 16.3 Å². The van der Waals surface area contributed by atoms with Crippen molar-refractivity contribution < 1.29 is 14.1 Å². The highest BCUT2D eigenvalue weighted by Crippen LogP contribution is 2.32. The second-order valence-corrected chi connectivity index (χ2v) is 6.71. The number of non-ortho nitro benzene ring substituents is 1. The number of halogens is 2. The number of nitro benzene ring substituents is 1. The van der Waals surface area contributed by atoms with E-state index in [1.165, 1.54) is 24.3 Å². The van der Waals surface area contributed by atoms with Crippen LogP contribution in [0.3, 0.4) is 0 Å². The third-order valence-corrected chi connectivity index (χ3v) is 4.37. The van der Waals surface area contributed by atoms with Crippen LogP contribution in [0.2, 0.25) is 5.02 Å². The van der Waals surface area contributed by atoms with Crippen LogP contribution in [0.25, 0.3) is 11.0 Å². The molecule has 136 valence electrons. The van der Waals surface area contributed by atoms with Crippen molar-refractivity contribution in [2.24, 2.45) is 0 Å². The summed E-state index contributed by atoms with van der Waals surface area (Å²) in [5, 5.41) is 11.0. The number of rotatable bonds is 5. The van der Waals surface area contributed by atoms with Gasteiger partial charge in [-0.05, 0) is 39.0 Å². The van der Waals surface area contributed by atoms with Gasteiger partial charge in [0.05, 0.1) is 21.0 Å². The van der Waals surface area contributed by atoms with Gasteiger partial charge in [-0.1, -0.05) is 11.6 Å². The van der Waals surface area contributed by atoms with Gasteiger partial charge in [-0.15, -0.1) is 0 Å². The summed E-state index contributed by atoms with van der Waals surface area (Å²) in [4.78, 5) is 15.1. The highest BCUT2D eigenvalue weighted by atomic mass is 35.5. The van der Waals surface area contributed by atoms with E-state index in [0.29, 0.717) is 23.6 Å². The molecule has 0 spiro atoms. The minimum Gasteiger partial charge on any atom is -0.480 e. The lowest BCUT2D eigenvalue weighted by molar-refractivity contribution is -0.384. The summed E-state index contributed by atoms with van der Waals surface area (Å²) in [6.07, 6.45) is 0. The topological polar surface area (TPSA) is 70.2 Å². The summed E-state index contributed by atoms with van der Waals surface area (Å²) < 4.78 is 21.6. The second-order valence-electron chi connectivity index (χ2n) is 6.30. The van der Waals surface area contributed by atoms with E-state index in [1.807, 2.05) is 11.5 Å². The van der Waals surface area contributed by atoms with Crippen molar-refractivity contribution in [2.45, 2.75) is 32.9 Å². The normalized spacial score (nSPS) is 11.7. The number of aromatic nitrogens is 2. The molecule has 0 N–H and O–H groups in total. The van der Waals surface area contributed by atoms with E-state index in [9.17, 15) is 14.5 Å². The fourth-order valence-corrected chi connectivity index (χ4v) is 3.01. The Kier molecular flexibility index (Phi) is 4.58. The average Bonchev–Trinajstić information content (AvgIpc) is 2.96. The van der Waals surface area contributed by atoms with Crippen LogP contribution in [0.4, 0.5) is 10.1 Å². The van der Waals surface area contributed by atoms with Crippen LogP contribution in [-0.4, -0.2) is 14.5 Å². The first-order valence-electron chi connectivity index (χ1n) is 8.02. The first-order chi connectivity index (χ1) is 12.2. The first-order valence-corrected chi connectivity index (χ1v) is 8.40. The number of nitro groups is 1. The molecule has 0 amide bonds. The predicted molar refractivity (Wildman–Crippen MR) is 97.1 cm³/mol. The van der Waals surface area contributed by atoms with Crippen molar-refractivity contribution >= 4 is 28.3 Å². The molecule has 0 saturated heterocycles. The smallest absolute Gasteiger partial charge is 0.271 e. The molecule has 0 fully saturated rings. The molecule has 8 heteroatoms. The zero-order chi connectivity index (χ0) is 19.1. The van der Waals surface area contributed by atoms with Gasteiger partial charge in [0.25, 0.3) is 5.69 Å². The minimum atomic E-state index is -0.899. The van der Waals surface area contributed by atoms with Crippen molar-refractivity contribution in [3.8, 4) is 5.75 Å². The van der Waals surface area contributed by atoms with E-state index >= 15 is 0 Å². The van der Waals surface area contributed by atoms with Gasteiger partial charge in [-0.3, -0.25) is 10.1 Å². The van der Waals surface area contributed by atoms with Crippen molar-refractivity contribution in [3.05, 3.63) is 63.2 Å². The minimum absolute atomic E-state index is 0.0169. The molecule has 1 aromatic heterocycles. The van der Waals surface area contributed by atoms with Crippen molar-refractivity contribution in [1.82, 2.24) is 9.55 Å². The largest absolute Gasteiger partial charge is 0.480 e. The zero-order valence-electron chi connectivity index (χ0n) is 14.5. The Balaban J connectivity index is 2.06. The molecule has 1 heterocycles. The maximum Gasteiger partial charge on any atom is 0.271 e. The number of fused-ring (bicyclic) bond motifs is 1. The summed E-state index contributed by atoms with van der Waals surface area (Å²) >= 11 is 5.71. The molecule has 0 unspecified atom stereocenters. The van der Waals surface area contributed by atoms with Crippen LogP contribution in [0.1, 0.15) is 26.6 Å². The molecule has 0 bridgehead atoms. The zero-order valence-corrected chi connectivity index (χ0v) is 15.2. The molecule has 0 aliphatic rings. The summed E-state index contributed by atoms with van der Waals surface area (Å²) in [7, 11) is 0. The molecule has 0 radical (unpaired) electrons. The maximum atomic E-state index is 13.7. The molecule has 3 rings (SSSR count). The first kappa shape index (κ1) is 18.1. The number of hydrogen-bond donors (Lipinski definition) is 0. The van der Waals surface area contributed by atoms with E-state index in [1.54, 1.807) is 26.0 Å². The molecule has 6 nitrogen and oxygen atoms in total. The fourth-order valence-electron chi connectivity index (χ4n) is 2.89. The highest BCUT2D eigenvalue weighted by Gasteiger charge is 2.30. The van der Waals surface area contributed by atoms with Crippen LogP contribution in [0.15, 0.2) is 36.4 Å². The van der Waals surface area contributed by atoms with Crippen molar-refractivity contribution in [3.63, 3.8) is 0 Å². The summed E-state index contributed by atoms with van der Waals surface area (Å²) in [5.74, 6) is 0.336. The lowest BCUT2D eigenvalue weighted by Crippen LogP contribution is -2.29. The number of imidazole rings is 1. The van der Waals surface area contributed by atoms with Gasteiger partial charge in [0.2, 0.25) is 0 Å². The van der Waals surface area contributed by atoms with E-state index in [2.05, 4.69) is 4.98 Å². The Hall–Kier alpha value is -2.67. The van der Waals surface area contributed by atoms with Crippen molar-refractivity contribution in [2.75, 3.05) is 0 Å². The fraction of sp³-hybridized carbons (Fsp3) is 0.278. The summed E-state index contributed by atoms with van der Waals surface area (Å²) in [5.41, 5.74) is 0.356. The molecule has 3 aromatic rings. The predicted octanol–water partition coefficient (Wildman–Crippen LogP) is 5.07. The molecule has 0 saturated carbocycles. The van der Waals surface area contributed by atoms with Crippen LogP contribution in [0.5, 0.6) is 5.75 Å². The maximum absolute atomic E-state index is 13.7. The summed E-state index contributed by atoms with van der Waals surface area (Å²) in [6, 6.07) is 8.77. The Morgan fingerprint density at radius 2 is 2.04 bits per heavy atom. The molecule has 0 aliphatic carbocycles. The number of hydrogen-bond acceptors (Lipinski definition) is 4. The van der Waals surface area contributed by atoms with E-state index in [0.717, 1.165) is 5.52 Å². The van der Waals surface area contributed by atoms with Gasteiger partial charge < -0.3 is 9.30 Å². The number of aryl methyl sites for hydroxylation is 1. The van der Waals surface area contributed by atoms with Gasteiger partial charge in [-0.2, -0.15) is 0 Å². The lowest BCUT2D eigenvalue weighted by atomic mass is 10.1. The van der Waals surface area contributed by atoms with Gasteiger partial charge >= 0.3 is 0 Å². The number of nitrogens with zero attached hydrogens (tertiary/aromatic N) is 3. The van der Waals surface area contributed by atoms with Crippen LogP contribution < -0.4 is 4.74 Å². The third-order valence-electron chi connectivity index (χ3n) is 4.06. The standard InChI is InChI=1S/C18H17ClFN3O3/c1-4-22-16-8-5-11(23(24)25)9-15(16)21-17(22)18(2,3)26-12-6-7-13(19)14(20)10-12/h5-10H,4H2,1-3H3. The summed E-state index contributed by atoms with van der Waals surface area (Å²) in [6.45, 7) is 6.16. The number of ether oxygens (including phenoxy) is 1. The van der Waals surface area contributed by atoms with Crippen LogP contribution in [-0.2, 0) is 12.1 Å². The molecule has 0 atom stereocenters. The Bertz CT molecular complexity index is 1000. The molecule has 26 heavy (non-hydrogen) atoms. The lowest BCUT2D eigenvalue weighted by Gasteiger charge is -2.26. The molecular formula is C18H17ClFN3O3. The van der Waals surface area contributed by atoms with Gasteiger partial charge in [-0.25, -0.2) is 9.37 Å². The van der Waals surface area contributed by atoms with Crippen LogP contribution >= 0.6 is 11.6 Å². The van der Waals surface area contributed by atoms with E-state index in [-0.39, 0.29) is 10.7 Å². The highest BCUT2D eigenvalue weighted by molar-refractivity contribution is 6.30. The average molecular weight is 378 g/mol. The second kappa shape index (κ2) is 6.57. The van der Waals surface area contributed by atoms with Gasteiger partial charge in [0.1, 0.15) is 11.6 Å². The third kappa shape index (κ3) is 3.22.